The first-order valence-corrected chi connectivity index (χ1v) is 5.16. The fraction of sp³-hybridized carbons (Fsp3) is 0.667. The summed E-state index contributed by atoms with van der Waals surface area (Å²) < 4.78 is 0. The summed E-state index contributed by atoms with van der Waals surface area (Å²) in [5.74, 6) is 0. The molecule has 0 aromatic carbocycles. The number of nitrogens with one attached hydrogen (secondary N) is 1. The van der Waals surface area contributed by atoms with Crippen LogP contribution in [0.5, 0.6) is 0 Å². The van der Waals surface area contributed by atoms with E-state index in [1.165, 1.54) is 17.7 Å². The van der Waals surface area contributed by atoms with E-state index in [4.69, 9.17) is 0 Å². The third kappa shape index (κ3) is 3.25. The van der Waals surface area contributed by atoms with Crippen LogP contribution in [0.15, 0.2) is 23.9 Å². The molecule has 0 saturated carbocycles. The van der Waals surface area contributed by atoms with Gasteiger partial charge in [0.05, 0.1) is 0 Å². The van der Waals surface area contributed by atoms with Crippen molar-refractivity contribution in [2.45, 2.75) is 40.0 Å². The van der Waals surface area contributed by atoms with E-state index in [-0.39, 0.29) is 0 Å². The summed E-state index contributed by atoms with van der Waals surface area (Å²) in [7, 11) is 0. The molecule has 0 aromatic heterocycles. The molecule has 0 fully saturated rings. The molecule has 0 heterocycles. The first-order chi connectivity index (χ1) is 6.03. The lowest BCUT2D eigenvalue weighted by molar-refractivity contribution is 0.444. The van der Waals surface area contributed by atoms with E-state index in [9.17, 15) is 0 Å². The second kappa shape index (κ2) is 3.99. The van der Waals surface area contributed by atoms with Gasteiger partial charge in [0.2, 0.25) is 0 Å². The Balaban J connectivity index is 2.62. The molecule has 1 rings (SSSR count). The fourth-order valence-electron chi connectivity index (χ4n) is 1.95. The molecule has 0 saturated heterocycles. The summed E-state index contributed by atoms with van der Waals surface area (Å²) in [5.41, 5.74) is 3.01. The maximum Gasteiger partial charge on any atom is 0.0141 e. The van der Waals surface area contributed by atoms with Gasteiger partial charge in [0.1, 0.15) is 0 Å². The fourth-order valence-corrected chi connectivity index (χ4v) is 1.95. The van der Waals surface area contributed by atoms with Crippen molar-refractivity contribution in [2.75, 3.05) is 6.54 Å². The van der Waals surface area contributed by atoms with Crippen molar-refractivity contribution in [2.24, 2.45) is 5.41 Å². The highest BCUT2D eigenvalue weighted by molar-refractivity contribution is 5.22. The monoisotopic (exact) mass is 179 g/mol. The Bertz CT molecular complexity index is 223. The zero-order valence-corrected chi connectivity index (χ0v) is 9.11. The quantitative estimate of drug-likeness (QED) is 0.656. The van der Waals surface area contributed by atoms with Crippen LogP contribution in [0.25, 0.3) is 0 Å². The second-order valence-corrected chi connectivity index (χ2v) is 4.69. The summed E-state index contributed by atoms with van der Waals surface area (Å²) in [6, 6.07) is 0. The van der Waals surface area contributed by atoms with Crippen molar-refractivity contribution in [3.63, 3.8) is 0 Å². The normalized spacial score (nSPS) is 21.2. The summed E-state index contributed by atoms with van der Waals surface area (Å²) in [6.45, 7) is 11.9. The third-order valence-corrected chi connectivity index (χ3v) is 2.31. The minimum atomic E-state index is 0.297. The summed E-state index contributed by atoms with van der Waals surface area (Å²) in [6.07, 6.45) is 5.72. The van der Waals surface area contributed by atoms with Crippen LogP contribution in [0.2, 0.25) is 0 Å². The lowest BCUT2D eigenvalue weighted by Crippen LogP contribution is -2.23. The van der Waals surface area contributed by atoms with Gasteiger partial charge in [-0.15, -0.1) is 0 Å². The average molecular weight is 179 g/mol. The van der Waals surface area contributed by atoms with E-state index in [0.717, 1.165) is 19.4 Å². The Morgan fingerprint density at radius 3 is 2.77 bits per heavy atom. The van der Waals surface area contributed by atoms with E-state index in [1.54, 1.807) is 0 Å². The molecule has 1 N–H and O–H groups in total. The van der Waals surface area contributed by atoms with Gasteiger partial charge in [-0.1, -0.05) is 39.0 Å². The zero-order valence-electron chi connectivity index (χ0n) is 9.11. The smallest absolute Gasteiger partial charge is 0.0141 e. The molecule has 1 heteroatoms. The zero-order chi connectivity index (χ0) is 9.90. The van der Waals surface area contributed by atoms with Crippen LogP contribution in [0.1, 0.15) is 40.0 Å². The molecular weight excluding hydrogens is 158 g/mol. The molecule has 0 aliphatic heterocycles. The van der Waals surface area contributed by atoms with Gasteiger partial charge in [0.25, 0.3) is 0 Å². The van der Waals surface area contributed by atoms with Gasteiger partial charge in [0, 0.05) is 18.7 Å². The average Bonchev–Trinajstić information content (AvgIpc) is 1.97. The second-order valence-electron chi connectivity index (χ2n) is 4.69. The minimum Gasteiger partial charge on any atom is -0.388 e. The van der Waals surface area contributed by atoms with E-state index < -0.39 is 0 Å². The van der Waals surface area contributed by atoms with Crippen molar-refractivity contribution < 1.29 is 0 Å². The molecule has 74 valence electrons. The topological polar surface area (TPSA) is 12.0 Å². The van der Waals surface area contributed by atoms with Crippen molar-refractivity contribution in [3.05, 3.63) is 23.9 Å². The van der Waals surface area contributed by atoms with Crippen LogP contribution in [0.4, 0.5) is 0 Å². The molecule has 1 aliphatic carbocycles. The Hall–Kier alpha value is -0.720. The number of hydrogen-bond acceptors (Lipinski definition) is 1. The van der Waals surface area contributed by atoms with Gasteiger partial charge < -0.3 is 5.32 Å². The molecule has 13 heavy (non-hydrogen) atoms. The van der Waals surface area contributed by atoms with Gasteiger partial charge in [-0.2, -0.15) is 0 Å². The molecule has 0 aromatic rings. The van der Waals surface area contributed by atoms with Gasteiger partial charge in [-0.3, -0.25) is 0 Å². The molecule has 1 aliphatic rings. The molecule has 0 atom stereocenters. The van der Waals surface area contributed by atoms with Crippen LogP contribution in [-0.4, -0.2) is 6.54 Å². The highest BCUT2D eigenvalue weighted by atomic mass is 14.9. The van der Waals surface area contributed by atoms with Crippen molar-refractivity contribution in [1.29, 1.82) is 0 Å². The molecule has 0 amide bonds. The van der Waals surface area contributed by atoms with Crippen molar-refractivity contribution in [3.8, 4) is 0 Å². The number of hydrogen-bond donors (Lipinski definition) is 1. The van der Waals surface area contributed by atoms with Gasteiger partial charge >= 0.3 is 0 Å². The molecular formula is C12H21N. The molecule has 0 bridgehead atoms. The standard InChI is InChI=1S/C12H21N/c1-5-6-13-11-7-10(2)8-12(3,4)9-11/h9,13H,2,5-8H2,1,3-4H3. The van der Waals surface area contributed by atoms with Gasteiger partial charge in [-0.25, -0.2) is 0 Å². The molecule has 0 unspecified atom stereocenters. The van der Waals surface area contributed by atoms with Crippen molar-refractivity contribution in [1.82, 2.24) is 5.32 Å². The van der Waals surface area contributed by atoms with Crippen molar-refractivity contribution >= 4 is 0 Å². The van der Waals surface area contributed by atoms with Crippen LogP contribution < -0.4 is 5.32 Å². The highest BCUT2D eigenvalue weighted by Gasteiger charge is 2.22. The van der Waals surface area contributed by atoms with Gasteiger partial charge in [0.15, 0.2) is 0 Å². The minimum absolute atomic E-state index is 0.297. The largest absolute Gasteiger partial charge is 0.388 e. The molecule has 0 radical (unpaired) electrons. The van der Waals surface area contributed by atoms with E-state index in [1.807, 2.05) is 0 Å². The predicted molar refractivity (Wildman–Crippen MR) is 58.5 cm³/mol. The summed E-state index contributed by atoms with van der Waals surface area (Å²) in [5, 5.41) is 3.46. The molecule has 0 spiro atoms. The molecule has 1 nitrogen and oxygen atoms in total. The lowest BCUT2D eigenvalue weighted by atomic mass is 9.79. The number of rotatable bonds is 3. The van der Waals surface area contributed by atoms with E-state index in [0.29, 0.717) is 5.41 Å². The Morgan fingerprint density at radius 2 is 2.23 bits per heavy atom. The maximum atomic E-state index is 4.09. The maximum absolute atomic E-state index is 4.09. The van der Waals surface area contributed by atoms with Crippen LogP contribution in [0, 0.1) is 5.41 Å². The van der Waals surface area contributed by atoms with Crippen LogP contribution >= 0.6 is 0 Å². The first kappa shape index (κ1) is 10.4. The summed E-state index contributed by atoms with van der Waals surface area (Å²) in [4.78, 5) is 0. The van der Waals surface area contributed by atoms with Crippen LogP contribution in [0.3, 0.4) is 0 Å². The third-order valence-electron chi connectivity index (χ3n) is 2.31. The van der Waals surface area contributed by atoms with Gasteiger partial charge in [-0.05, 0) is 18.3 Å². The Kier molecular flexibility index (Phi) is 3.18. The SMILES string of the molecule is C=C1CC(NCCC)=CC(C)(C)C1. The summed E-state index contributed by atoms with van der Waals surface area (Å²) >= 11 is 0. The van der Waals surface area contributed by atoms with Crippen LogP contribution in [-0.2, 0) is 0 Å². The predicted octanol–water partition coefficient (Wildman–Crippen LogP) is 3.25. The van der Waals surface area contributed by atoms with E-state index in [2.05, 4.69) is 38.7 Å². The lowest BCUT2D eigenvalue weighted by Gasteiger charge is -2.29. The Labute approximate surface area is 81.9 Å². The first-order valence-electron chi connectivity index (χ1n) is 5.16. The van der Waals surface area contributed by atoms with E-state index >= 15 is 0 Å². The number of allylic oxidation sites excluding steroid dienone is 2. The highest BCUT2D eigenvalue weighted by Crippen LogP contribution is 2.34. The Morgan fingerprint density at radius 1 is 1.54 bits per heavy atom.